The van der Waals surface area contributed by atoms with Gasteiger partial charge in [-0.2, -0.15) is 5.10 Å². The first kappa shape index (κ1) is 24.1. The number of amides is 3. The van der Waals surface area contributed by atoms with Crippen molar-refractivity contribution in [1.82, 2.24) is 24.4 Å². The number of ether oxygens (including phenoxy) is 2. The van der Waals surface area contributed by atoms with Crippen molar-refractivity contribution in [1.29, 1.82) is 0 Å². The van der Waals surface area contributed by atoms with Crippen LogP contribution in [0, 0.1) is 0 Å². The maximum absolute atomic E-state index is 13.4. The van der Waals surface area contributed by atoms with Gasteiger partial charge < -0.3 is 24.6 Å². The van der Waals surface area contributed by atoms with Crippen molar-refractivity contribution >= 4 is 23.3 Å². The molecule has 1 N–H and O–H groups in total. The number of carbonyl (C=O) groups is 2. The molecule has 4 aromatic rings. The Morgan fingerprint density at radius 3 is 2.49 bits per heavy atom. The van der Waals surface area contributed by atoms with E-state index in [2.05, 4.69) is 15.4 Å². The summed E-state index contributed by atoms with van der Waals surface area (Å²) >= 11 is 0. The van der Waals surface area contributed by atoms with E-state index in [-0.39, 0.29) is 18.0 Å². The minimum atomic E-state index is -0.196. The highest BCUT2D eigenvalue weighted by Crippen LogP contribution is 2.32. The number of methoxy groups -OCH3 is 2. The summed E-state index contributed by atoms with van der Waals surface area (Å²) in [5.41, 5.74) is 3.21. The molecule has 1 aliphatic heterocycles. The van der Waals surface area contributed by atoms with Gasteiger partial charge in [0.1, 0.15) is 0 Å². The number of nitrogens with one attached hydrogen (secondary N) is 1. The molecule has 190 valence electrons. The number of rotatable bonds is 5. The molecular formula is C27H28N6O4. The molecule has 10 nitrogen and oxygen atoms in total. The number of hydrogen-bond donors (Lipinski definition) is 1. The summed E-state index contributed by atoms with van der Waals surface area (Å²) < 4.78 is 12.4. The highest BCUT2D eigenvalue weighted by molar-refractivity contribution is 5.94. The second kappa shape index (κ2) is 10.2. The lowest BCUT2D eigenvalue weighted by Gasteiger charge is -2.39. The molecule has 2 aromatic heterocycles. The number of hydrogen-bond acceptors (Lipinski definition) is 6. The molecule has 1 aliphatic rings. The predicted molar refractivity (Wildman–Crippen MR) is 139 cm³/mol. The number of nitrogens with zero attached hydrogens (tertiary/aromatic N) is 5. The molecule has 2 aromatic carbocycles. The van der Waals surface area contributed by atoms with E-state index in [1.54, 1.807) is 40.8 Å². The van der Waals surface area contributed by atoms with Gasteiger partial charge in [0.25, 0.3) is 5.91 Å². The monoisotopic (exact) mass is 500 g/mol. The van der Waals surface area contributed by atoms with Crippen LogP contribution in [0.4, 0.5) is 10.5 Å². The van der Waals surface area contributed by atoms with Crippen LogP contribution in [0.15, 0.2) is 66.9 Å². The maximum Gasteiger partial charge on any atom is 0.322 e. The van der Waals surface area contributed by atoms with Gasteiger partial charge in [0, 0.05) is 49.2 Å². The summed E-state index contributed by atoms with van der Waals surface area (Å²) in [6, 6.07) is 18.1. The molecule has 0 bridgehead atoms. The fourth-order valence-corrected chi connectivity index (χ4v) is 4.54. The molecule has 0 aliphatic carbocycles. The molecule has 0 unspecified atom stereocenters. The van der Waals surface area contributed by atoms with E-state index in [0.29, 0.717) is 42.5 Å². The third kappa shape index (κ3) is 4.77. The summed E-state index contributed by atoms with van der Waals surface area (Å²) in [5, 5.41) is 7.51. The quantitative estimate of drug-likeness (QED) is 0.447. The van der Waals surface area contributed by atoms with Crippen molar-refractivity contribution in [2.75, 3.05) is 39.2 Å². The standard InChI is InChI=1S/C27H28N6O4/c1-18-17-31(13-14-32(18)27(35)29-20-7-5-4-6-8-20)26(34)21-16-25-28-12-11-22(33(25)30-21)19-9-10-23(36-2)24(15-19)37-3/h4-12,15-16,18H,13-14,17H2,1-3H3,(H,29,35)/t18-/m0/s1. The zero-order valence-electron chi connectivity index (χ0n) is 20.9. The van der Waals surface area contributed by atoms with Crippen LogP contribution in [0.1, 0.15) is 17.4 Å². The highest BCUT2D eigenvalue weighted by Gasteiger charge is 2.31. The molecule has 37 heavy (non-hydrogen) atoms. The van der Waals surface area contributed by atoms with E-state index in [4.69, 9.17) is 9.47 Å². The smallest absolute Gasteiger partial charge is 0.322 e. The van der Waals surface area contributed by atoms with Crippen molar-refractivity contribution in [2.24, 2.45) is 0 Å². The van der Waals surface area contributed by atoms with Crippen LogP contribution >= 0.6 is 0 Å². The molecule has 0 spiro atoms. The van der Waals surface area contributed by atoms with E-state index >= 15 is 0 Å². The van der Waals surface area contributed by atoms with Crippen molar-refractivity contribution in [2.45, 2.75) is 13.0 Å². The predicted octanol–water partition coefficient (Wildman–Crippen LogP) is 3.79. The summed E-state index contributed by atoms with van der Waals surface area (Å²) in [5.74, 6) is 1.02. The molecule has 1 saturated heterocycles. The minimum absolute atomic E-state index is 0.154. The average molecular weight is 501 g/mol. The third-order valence-electron chi connectivity index (χ3n) is 6.46. The normalized spacial score (nSPS) is 15.5. The molecule has 10 heteroatoms. The molecule has 3 amide bonds. The van der Waals surface area contributed by atoms with E-state index < -0.39 is 0 Å². The fraction of sp³-hybridized carbons (Fsp3) is 0.259. The van der Waals surface area contributed by atoms with E-state index in [1.165, 1.54) is 0 Å². The van der Waals surface area contributed by atoms with Crippen LogP contribution in [-0.4, -0.2) is 76.2 Å². The van der Waals surface area contributed by atoms with Crippen molar-refractivity contribution in [3.8, 4) is 22.8 Å². The van der Waals surface area contributed by atoms with Crippen LogP contribution in [0.2, 0.25) is 0 Å². The van der Waals surface area contributed by atoms with Crippen molar-refractivity contribution in [3.05, 3.63) is 72.6 Å². The molecule has 1 atom stereocenters. The van der Waals surface area contributed by atoms with Crippen LogP contribution < -0.4 is 14.8 Å². The average Bonchev–Trinajstić information content (AvgIpc) is 3.37. The lowest BCUT2D eigenvalue weighted by Crippen LogP contribution is -2.56. The van der Waals surface area contributed by atoms with E-state index in [1.807, 2.05) is 61.5 Å². The number of aromatic nitrogens is 3. The topological polar surface area (TPSA) is 101 Å². The Bertz CT molecular complexity index is 1440. The van der Waals surface area contributed by atoms with Crippen molar-refractivity contribution in [3.63, 3.8) is 0 Å². The van der Waals surface area contributed by atoms with Crippen LogP contribution in [-0.2, 0) is 0 Å². The SMILES string of the molecule is COc1ccc(-c2ccnc3cc(C(=O)N4CCN(C(=O)Nc5ccccc5)[C@@H](C)C4)nn23)cc1OC. The van der Waals surface area contributed by atoms with E-state index in [0.717, 1.165) is 16.9 Å². The van der Waals surface area contributed by atoms with Crippen LogP contribution in [0.5, 0.6) is 11.5 Å². The van der Waals surface area contributed by atoms with Gasteiger partial charge in [-0.3, -0.25) is 4.79 Å². The van der Waals surface area contributed by atoms with Gasteiger partial charge in [-0.15, -0.1) is 0 Å². The highest BCUT2D eigenvalue weighted by atomic mass is 16.5. The lowest BCUT2D eigenvalue weighted by molar-refractivity contribution is 0.0586. The van der Waals surface area contributed by atoms with E-state index in [9.17, 15) is 9.59 Å². The minimum Gasteiger partial charge on any atom is -0.493 e. The Hall–Kier alpha value is -4.60. The Balaban J connectivity index is 1.33. The first-order chi connectivity index (χ1) is 18.0. The largest absolute Gasteiger partial charge is 0.493 e. The van der Waals surface area contributed by atoms with Crippen LogP contribution in [0.25, 0.3) is 16.9 Å². The number of benzene rings is 2. The summed E-state index contributed by atoms with van der Waals surface area (Å²) in [4.78, 5) is 34.0. The van der Waals surface area contributed by atoms with Gasteiger partial charge in [0.2, 0.25) is 0 Å². The third-order valence-corrected chi connectivity index (χ3v) is 6.46. The van der Waals surface area contributed by atoms with Gasteiger partial charge in [0.05, 0.1) is 19.9 Å². The first-order valence-corrected chi connectivity index (χ1v) is 12.0. The first-order valence-electron chi connectivity index (χ1n) is 12.0. The number of anilines is 1. The second-order valence-electron chi connectivity index (χ2n) is 8.79. The van der Waals surface area contributed by atoms with Gasteiger partial charge >= 0.3 is 6.03 Å². The van der Waals surface area contributed by atoms with Gasteiger partial charge in [-0.05, 0) is 43.3 Å². The van der Waals surface area contributed by atoms with Gasteiger partial charge in [-0.25, -0.2) is 14.3 Å². The Morgan fingerprint density at radius 2 is 1.76 bits per heavy atom. The van der Waals surface area contributed by atoms with Gasteiger partial charge in [0.15, 0.2) is 22.8 Å². The number of para-hydroxylation sites is 1. The Labute approximate surface area is 214 Å². The molecular weight excluding hydrogens is 472 g/mol. The molecule has 0 radical (unpaired) electrons. The van der Waals surface area contributed by atoms with Crippen molar-refractivity contribution < 1.29 is 19.1 Å². The molecule has 3 heterocycles. The van der Waals surface area contributed by atoms with Crippen LogP contribution in [0.3, 0.4) is 0 Å². The molecule has 5 rings (SSSR count). The Kier molecular flexibility index (Phi) is 6.63. The number of piperazine rings is 1. The summed E-state index contributed by atoms with van der Waals surface area (Å²) in [6.45, 7) is 3.18. The number of fused-ring (bicyclic) bond motifs is 1. The zero-order valence-corrected chi connectivity index (χ0v) is 20.9. The zero-order chi connectivity index (χ0) is 25.9. The number of urea groups is 1. The lowest BCUT2D eigenvalue weighted by atomic mass is 10.1. The maximum atomic E-state index is 13.4. The Morgan fingerprint density at radius 1 is 0.973 bits per heavy atom. The summed E-state index contributed by atoms with van der Waals surface area (Å²) in [6.07, 6.45) is 1.68. The molecule has 1 fully saturated rings. The second-order valence-corrected chi connectivity index (χ2v) is 8.79. The molecule has 0 saturated carbocycles. The summed E-state index contributed by atoms with van der Waals surface area (Å²) in [7, 11) is 3.17. The fourth-order valence-electron chi connectivity index (χ4n) is 4.54. The number of carbonyl (C=O) groups excluding carboxylic acids is 2. The van der Waals surface area contributed by atoms with Gasteiger partial charge in [-0.1, -0.05) is 18.2 Å².